The van der Waals surface area contributed by atoms with Crippen molar-refractivity contribution in [2.24, 2.45) is 0 Å². The molecule has 5 nitrogen and oxygen atoms in total. The van der Waals surface area contributed by atoms with Gasteiger partial charge >= 0.3 is 5.00 Å². The van der Waals surface area contributed by atoms with Crippen molar-refractivity contribution < 1.29 is 4.92 Å². The Labute approximate surface area is 113 Å². The molecule has 2 aromatic heterocycles. The van der Waals surface area contributed by atoms with Crippen molar-refractivity contribution in [3.05, 3.63) is 43.2 Å². The van der Waals surface area contributed by atoms with Crippen LogP contribution in [0.1, 0.15) is 21.7 Å². The summed E-state index contributed by atoms with van der Waals surface area (Å²) in [6.07, 6.45) is 2.91. The molecule has 0 saturated heterocycles. The molecule has 2 rings (SSSR count). The molecule has 0 aromatic carbocycles. The van der Waals surface area contributed by atoms with Crippen LogP contribution in [0.5, 0.6) is 0 Å². The fourth-order valence-corrected chi connectivity index (χ4v) is 3.07. The maximum atomic E-state index is 10.5. The van der Waals surface area contributed by atoms with Crippen LogP contribution < -0.4 is 5.32 Å². The summed E-state index contributed by atoms with van der Waals surface area (Å²) >= 11 is 2.91. The molecule has 0 fully saturated rings. The van der Waals surface area contributed by atoms with Gasteiger partial charge in [-0.25, -0.2) is 4.98 Å². The molecule has 0 saturated carbocycles. The second-order valence-corrected chi connectivity index (χ2v) is 6.02. The maximum absolute atomic E-state index is 10.5. The average molecular weight is 283 g/mol. The average Bonchev–Trinajstić information content (AvgIpc) is 2.97. The van der Waals surface area contributed by atoms with E-state index in [-0.39, 0.29) is 9.92 Å². The van der Waals surface area contributed by atoms with Gasteiger partial charge in [0, 0.05) is 35.1 Å². The summed E-state index contributed by atoms with van der Waals surface area (Å²) in [5.74, 6) is 0. The third-order valence-electron chi connectivity index (χ3n) is 2.35. The zero-order valence-electron chi connectivity index (χ0n) is 9.88. The van der Waals surface area contributed by atoms with Crippen LogP contribution in [0.2, 0.25) is 0 Å². The number of aryl methyl sites for hydroxylation is 1. The van der Waals surface area contributed by atoms with E-state index in [2.05, 4.69) is 17.2 Å². The van der Waals surface area contributed by atoms with Crippen LogP contribution in [0.4, 0.5) is 5.00 Å². The van der Waals surface area contributed by atoms with Crippen molar-refractivity contribution in [3.8, 4) is 0 Å². The number of rotatable bonds is 6. The van der Waals surface area contributed by atoms with Crippen LogP contribution in [0.15, 0.2) is 18.3 Å². The first kappa shape index (κ1) is 13.1. The molecular weight excluding hydrogens is 270 g/mol. The SMILES string of the molecule is CCc1cnc(CNCc2ccc([N+](=O)[O-])s2)s1. The summed E-state index contributed by atoms with van der Waals surface area (Å²) < 4.78 is 0. The lowest BCUT2D eigenvalue weighted by molar-refractivity contribution is -0.380. The molecule has 2 heterocycles. The normalized spacial score (nSPS) is 10.7. The highest BCUT2D eigenvalue weighted by Crippen LogP contribution is 2.23. The second-order valence-electron chi connectivity index (χ2n) is 3.67. The van der Waals surface area contributed by atoms with Crippen molar-refractivity contribution in [2.45, 2.75) is 26.4 Å². The summed E-state index contributed by atoms with van der Waals surface area (Å²) in [6, 6.07) is 3.33. The van der Waals surface area contributed by atoms with Crippen LogP contribution in [-0.4, -0.2) is 9.91 Å². The topological polar surface area (TPSA) is 68.1 Å². The molecule has 18 heavy (non-hydrogen) atoms. The minimum atomic E-state index is -0.359. The second kappa shape index (κ2) is 6.03. The zero-order valence-corrected chi connectivity index (χ0v) is 11.5. The predicted octanol–water partition coefficient (Wildman–Crippen LogP) is 2.97. The van der Waals surface area contributed by atoms with Crippen molar-refractivity contribution >= 4 is 27.7 Å². The zero-order chi connectivity index (χ0) is 13.0. The van der Waals surface area contributed by atoms with Crippen LogP contribution in [0, 0.1) is 10.1 Å². The molecular formula is C11H13N3O2S2. The van der Waals surface area contributed by atoms with Crippen molar-refractivity contribution in [3.63, 3.8) is 0 Å². The molecule has 1 N–H and O–H groups in total. The molecule has 0 atom stereocenters. The van der Waals surface area contributed by atoms with Crippen LogP contribution in [0.25, 0.3) is 0 Å². The Hall–Kier alpha value is -1.31. The molecule has 2 aromatic rings. The van der Waals surface area contributed by atoms with Crippen molar-refractivity contribution in [1.82, 2.24) is 10.3 Å². The largest absolute Gasteiger partial charge is 0.324 e. The molecule has 96 valence electrons. The first-order chi connectivity index (χ1) is 8.69. The van der Waals surface area contributed by atoms with E-state index in [0.717, 1.165) is 16.3 Å². The minimum absolute atomic E-state index is 0.189. The Morgan fingerprint density at radius 3 is 2.78 bits per heavy atom. The summed E-state index contributed by atoms with van der Waals surface area (Å²) in [5.41, 5.74) is 0. The fraction of sp³-hybridized carbons (Fsp3) is 0.364. The lowest BCUT2D eigenvalue weighted by atomic mass is 10.4. The first-order valence-corrected chi connectivity index (χ1v) is 7.19. The summed E-state index contributed by atoms with van der Waals surface area (Å²) in [5, 5.41) is 15.0. The van der Waals surface area contributed by atoms with E-state index in [0.29, 0.717) is 13.1 Å². The smallest absolute Gasteiger partial charge is 0.306 e. The maximum Gasteiger partial charge on any atom is 0.324 e. The lowest BCUT2D eigenvalue weighted by Gasteiger charge is -1.98. The van der Waals surface area contributed by atoms with Gasteiger partial charge in [-0.2, -0.15) is 0 Å². The molecule has 0 amide bonds. The third-order valence-corrected chi connectivity index (χ3v) is 4.53. The summed E-state index contributed by atoms with van der Waals surface area (Å²) in [7, 11) is 0. The number of hydrogen-bond donors (Lipinski definition) is 1. The fourth-order valence-electron chi connectivity index (χ4n) is 1.45. The monoisotopic (exact) mass is 283 g/mol. The highest BCUT2D eigenvalue weighted by molar-refractivity contribution is 7.15. The molecule has 0 aliphatic heterocycles. The number of aromatic nitrogens is 1. The Kier molecular flexibility index (Phi) is 4.40. The third kappa shape index (κ3) is 3.34. The van der Waals surface area contributed by atoms with Gasteiger partial charge in [0.2, 0.25) is 0 Å². The van der Waals surface area contributed by atoms with Gasteiger partial charge < -0.3 is 5.32 Å². The predicted molar refractivity (Wildman–Crippen MR) is 73.0 cm³/mol. The summed E-state index contributed by atoms with van der Waals surface area (Å²) in [6.45, 7) is 3.45. The summed E-state index contributed by atoms with van der Waals surface area (Å²) in [4.78, 5) is 16.7. The minimum Gasteiger partial charge on any atom is -0.306 e. The van der Waals surface area contributed by atoms with Gasteiger partial charge in [0.05, 0.1) is 4.92 Å². The van der Waals surface area contributed by atoms with E-state index >= 15 is 0 Å². The molecule has 0 aliphatic rings. The van der Waals surface area contributed by atoms with Gasteiger partial charge in [-0.15, -0.1) is 11.3 Å². The van der Waals surface area contributed by atoms with E-state index in [1.165, 1.54) is 16.2 Å². The Balaban J connectivity index is 1.82. The highest BCUT2D eigenvalue weighted by atomic mass is 32.1. The number of nitro groups is 1. The van der Waals surface area contributed by atoms with Crippen LogP contribution in [0.3, 0.4) is 0 Å². The first-order valence-electron chi connectivity index (χ1n) is 5.56. The molecule has 0 spiro atoms. The van der Waals surface area contributed by atoms with Gasteiger partial charge in [-0.05, 0) is 12.5 Å². The quantitative estimate of drug-likeness (QED) is 0.653. The van der Waals surface area contributed by atoms with E-state index in [1.807, 2.05) is 6.20 Å². The molecule has 0 radical (unpaired) electrons. The van der Waals surface area contributed by atoms with E-state index in [9.17, 15) is 10.1 Å². The number of thiazole rings is 1. The number of nitrogens with one attached hydrogen (secondary N) is 1. The van der Waals surface area contributed by atoms with Gasteiger partial charge in [-0.3, -0.25) is 10.1 Å². The van der Waals surface area contributed by atoms with E-state index in [1.54, 1.807) is 23.5 Å². The molecule has 0 unspecified atom stereocenters. The molecule has 0 aliphatic carbocycles. The number of hydrogen-bond acceptors (Lipinski definition) is 6. The van der Waals surface area contributed by atoms with Crippen LogP contribution >= 0.6 is 22.7 Å². The number of thiophene rings is 1. The highest BCUT2D eigenvalue weighted by Gasteiger charge is 2.09. The molecule has 0 bridgehead atoms. The lowest BCUT2D eigenvalue weighted by Crippen LogP contribution is -2.11. The van der Waals surface area contributed by atoms with Crippen molar-refractivity contribution in [1.29, 1.82) is 0 Å². The van der Waals surface area contributed by atoms with Gasteiger partial charge in [-0.1, -0.05) is 18.3 Å². The Bertz CT molecular complexity index is 536. The van der Waals surface area contributed by atoms with Crippen molar-refractivity contribution in [2.75, 3.05) is 0 Å². The van der Waals surface area contributed by atoms with E-state index in [4.69, 9.17) is 0 Å². The van der Waals surface area contributed by atoms with Crippen LogP contribution in [-0.2, 0) is 19.5 Å². The number of nitrogens with zero attached hydrogens (tertiary/aromatic N) is 2. The molecule has 7 heteroatoms. The van der Waals surface area contributed by atoms with Gasteiger partial charge in [0.15, 0.2) is 0 Å². The van der Waals surface area contributed by atoms with Gasteiger partial charge in [0.1, 0.15) is 5.01 Å². The Morgan fingerprint density at radius 2 is 2.17 bits per heavy atom. The standard InChI is InChI=1S/C11H13N3O2S2/c1-2-8-6-13-10(17-8)7-12-5-9-3-4-11(18-9)14(15)16/h3-4,6,12H,2,5,7H2,1H3. The Morgan fingerprint density at radius 1 is 1.33 bits per heavy atom. The van der Waals surface area contributed by atoms with Gasteiger partial charge in [0.25, 0.3) is 0 Å². The van der Waals surface area contributed by atoms with E-state index < -0.39 is 0 Å².